The second kappa shape index (κ2) is 10.3. The number of rotatable bonds is 5. The third kappa shape index (κ3) is 5.35. The highest BCUT2D eigenvalue weighted by Gasteiger charge is 2.21. The van der Waals surface area contributed by atoms with Crippen LogP contribution in [0.1, 0.15) is 42.5 Å². The number of carbonyl (C=O) groups is 1. The molecule has 0 saturated carbocycles. The number of hydrogen-bond acceptors (Lipinski definition) is 2. The normalized spacial score (nSPS) is 17.7. The van der Waals surface area contributed by atoms with Gasteiger partial charge in [0.25, 0.3) is 0 Å². The van der Waals surface area contributed by atoms with Crippen LogP contribution in [-0.4, -0.2) is 25.2 Å². The fraction of sp³-hybridized carbons (Fsp3) is 0.458. The number of fused-ring (bicyclic) bond motifs is 2. The van der Waals surface area contributed by atoms with Crippen LogP contribution in [0.25, 0.3) is 0 Å². The highest BCUT2D eigenvalue weighted by Crippen LogP contribution is 2.28. The van der Waals surface area contributed by atoms with Gasteiger partial charge in [0.05, 0.1) is 0 Å². The van der Waals surface area contributed by atoms with E-state index in [1.54, 1.807) is 0 Å². The molecule has 0 fully saturated rings. The van der Waals surface area contributed by atoms with Crippen LogP contribution in [0.5, 0.6) is 0 Å². The Hall–Kier alpha value is -2.33. The van der Waals surface area contributed by atoms with Crippen molar-refractivity contribution in [2.45, 2.75) is 52.1 Å². The third-order valence-corrected chi connectivity index (χ3v) is 5.65. The minimum Gasteiger partial charge on any atom is -0.338 e. The van der Waals surface area contributed by atoms with E-state index in [1.807, 2.05) is 13.8 Å². The zero-order valence-electron chi connectivity index (χ0n) is 17.1. The van der Waals surface area contributed by atoms with Crippen LogP contribution in [0.3, 0.4) is 0 Å². The van der Waals surface area contributed by atoms with Gasteiger partial charge in [-0.15, -0.1) is 0 Å². The molecule has 1 aliphatic carbocycles. The van der Waals surface area contributed by atoms with E-state index in [4.69, 9.17) is 0 Å². The van der Waals surface area contributed by atoms with Gasteiger partial charge in [0.2, 0.25) is 0 Å². The van der Waals surface area contributed by atoms with Crippen molar-refractivity contribution >= 4 is 6.03 Å². The summed E-state index contributed by atoms with van der Waals surface area (Å²) in [5.74, 6) is 0.657. The van der Waals surface area contributed by atoms with Crippen LogP contribution in [-0.2, 0) is 25.8 Å². The van der Waals surface area contributed by atoms with E-state index in [0.29, 0.717) is 18.5 Å². The maximum Gasteiger partial charge on any atom is 0.314 e. The van der Waals surface area contributed by atoms with Crippen LogP contribution in [0.2, 0.25) is 0 Å². The number of amides is 2. The molecule has 0 spiro atoms. The predicted octanol–water partition coefficient (Wildman–Crippen LogP) is 3.83. The molecule has 4 nitrogen and oxygen atoms in total. The second-order valence-electron chi connectivity index (χ2n) is 7.52. The summed E-state index contributed by atoms with van der Waals surface area (Å²) in [5, 5.41) is 9.53. The average Bonchev–Trinajstić information content (AvgIpc) is 3.16. The summed E-state index contributed by atoms with van der Waals surface area (Å²) in [4.78, 5) is 12.1. The number of carbonyl (C=O) groups excluding carboxylic acids is 1. The summed E-state index contributed by atoms with van der Waals surface area (Å²) in [6.45, 7) is 6.28. The number of nitrogens with one attached hydrogen (secondary N) is 3. The summed E-state index contributed by atoms with van der Waals surface area (Å²) in [7, 11) is 0. The zero-order valence-corrected chi connectivity index (χ0v) is 17.1. The topological polar surface area (TPSA) is 53.2 Å². The Kier molecular flexibility index (Phi) is 7.49. The van der Waals surface area contributed by atoms with Crippen molar-refractivity contribution in [3.8, 4) is 0 Å². The standard InChI is InChI=1S/C22H27N3O.C2H6/c26-22(23-10-9-16-11-17-5-1-2-6-18(17)12-16)25-15-21-13-19-7-3-4-8-20(19)14-24-21;1-2/h1-8,16,21,24H,9-15H2,(H2,23,25,26);1-2H3/t21-;/m0./s1. The second-order valence-corrected chi connectivity index (χ2v) is 7.52. The lowest BCUT2D eigenvalue weighted by molar-refractivity contribution is 0.238. The Balaban J connectivity index is 0.00000109. The van der Waals surface area contributed by atoms with Crippen LogP contribution in [0.4, 0.5) is 4.79 Å². The number of urea groups is 1. The lowest BCUT2D eigenvalue weighted by Crippen LogP contribution is -2.47. The Morgan fingerprint density at radius 3 is 2.11 bits per heavy atom. The molecule has 0 unspecified atom stereocenters. The molecular formula is C24H33N3O. The molecule has 0 aromatic heterocycles. The molecule has 4 heteroatoms. The maximum atomic E-state index is 12.1. The molecule has 4 rings (SSSR count). The van der Waals surface area contributed by atoms with Gasteiger partial charge in [-0.25, -0.2) is 4.79 Å². The van der Waals surface area contributed by atoms with E-state index in [-0.39, 0.29) is 6.03 Å². The first kappa shape index (κ1) is 20.4. The summed E-state index contributed by atoms with van der Waals surface area (Å²) in [6, 6.07) is 17.5. The lowest BCUT2D eigenvalue weighted by Gasteiger charge is -2.26. The minimum atomic E-state index is -0.0545. The molecule has 1 heterocycles. The highest BCUT2D eigenvalue weighted by molar-refractivity contribution is 5.73. The van der Waals surface area contributed by atoms with Crippen LogP contribution in [0, 0.1) is 5.92 Å². The van der Waals surface area contributed by atoms with Crippen LogP contribution in [0.15, 0.2) is 48.5 Å². The van der Waals surface area contributed by atoms with Crippen molar-refractivity contribution in [3.05, 3.63) is 70.8 Å². The largest absolute Gasteiger partial charge is 0.338 e. The average molecular weight is 380 g/mol. The number of benzene rings is 2. The highest BCUT2D eigenvalue weighted by atomic mass is 16.2. The molecule has 0 bridgehead atoms. The monoisotopic (exact) mass is 379 g/mol. The zero-order chi connectivity index (χ0) is 19.8. The summed E-state index contributed by atoms with van der Waals surface area (Å²) < 4.78 is 0. The van der Waals surface area contributed by atoms with Gasteiger partial charge in [-0.05, 0) is 53.9 Å². The molecule has 28 heavy (non-hydrogen) atoms. The van der Waals surface area contributed by atoms with Gasteiger partial charge >= 0.3 is 6.03 Å². The first-order valence-electron chi connectivity index (χ1n) is 10.7. The molecule has 3 N–H and O–H groups in total. The van der Waals surface area contributed by atoms with Gasteiger partial charge in [0.15, 0.2) is 0 Å². The summed E-state index contributed by atoms with van der Waals surface area (Å²) in [6.07, 6.45) is 4.30. The van der Waals surface area contributed by atoms with Crippen LogP contribution < -0.4 is 16.0 Å². The van der Waals surface area contributed by atoms with Crippen LogP contribution >= 0.6 is 0 Å². The Morgan fingerprint density at radius 1 is 0.893 bits per heavy atom. The van der Waals surface area contributed by atoms with E-state index in [2.05, 4.69) is 64.5 Å². The summed E-state index contributed by atoms with van der Waals surface area (Å²) >= 11 is 0. The fourth-order valence-electron chi connectivity index (χ4n) is 4.19. The van der Waals surface area contributed by atoms with Crippen molar-refractivity contribution < 1.29 is 4.79 Å². The minimum absolute atomic E-state index is 0.0545. The van der Waals surface area contributed by atoms with Gasteiger partial charge in [-0.2, -0.15) is 0 Å². The Bertz CT molecular complexity index is 749. The Labute approximate surface area is 169 Å². The van der Waals surface area contributed by atoms with Gasteiger partial charge < -0.3 is 16.0 Å². The first-order chi connectivity index (χ1) is 13.8. The molecule has 0 radical (unpaired) electrons. The molecule has 2 amide bonds. The Morgan fingerprint density at radius 2 is 1.46 bits per heavy atom. The van der Waals surface area contributed by atoms with Gasteiger partial charge in [0.1, 0.15) is 0 Å². The van der Waals surface area contributed by atoms with Crippen molar-refractivity contribution in [3.63, 3.8) is 0 Å². The summed E-state index contributed by atoms with van der Waals surface area (Å²) in [5.41, 5.74) is 5.71. The van der Waals surface area contributed by atoms with E-state index in [1.165, 1.54) is 22.3 Å². The predicted molar refractivity (Wildman–Crippen MR) is 115 cm³/mol. The molecule has 2 aromatic carbocycles. The lowest BCUT2D eigenvalue weighted by atomic mass is 9.96. The molecule has 1 aliphatic heterocycles. The van der Waals surface area contributed by atoms with E-state index >= 15 is 0 Å². The van der Waals surface area contributed by atoms with E-state index in [0.717, 1.165) is 38.8 Å². The van der Waals surface area contributed by atoms with E-state index < -0.39 is 0 Å². The van der Waals surface area contributed by atoms with Gasteiger partial charge in [-0.3, -0.25) is 0 Å². The molecule has 2 aromatic rings. The SMILES string of the molecule is CC.O=C(NCCC1Cc2ccccc2C1)NC[C@@H]1Cc2ccccc2CN1. The number of hydrogen-bond donors (Lipinski definition) is 3. The van der Waals surface area contributed by atoms with Crippen molar-refractivity contribution in [1.29, 1.82) is 0 Å². The molecule has 1 atom stereocenters. The van der Waals surface area contributed by atoms with Gasteiger partial charge in [-0.1, -0.05) is 62.4 Å². The van der Waals surface area contributed by atoms with Crippen molar-refractivity contribution in [2.75, 3.05) is 13.1 Å². The molecule has 2 aliphatic rings. The molecule has 150 valence electrons. The first-order valence-corrected chi connectivity index (χ1v) is 10.7. The fourth-order valence-corrected chi connectivity index (χ4v) is 4.19. The van der Waals surface area contributed by atoms with Gasteiger partial charge in [0, 0.05) is 25.7 Å². The third-order valence-electron chi connectivity index (χ3n) is 5.65. The molecular weight excluding hydrogens is 346 g/mol. The van der Waals surface area contributed by atoms with E-state index in [9.17, 15) is 4.79 Å². The molecule has 0 saturated heterocycles. The van der Waals surface area contributed by atoms with Crippen molar-refractivity contribution in [2.24, 2.45) is 5.92 Å². The maximum absolute atomic E-state index is 12.1. The quantitative estimate of drug-likeness (QED) is 0.739. The van der Waals surface area contributed by atoms with Crippen molar-refractivity contribution in [1.82, 2.24) is 16.0 Å². The smallest absolute Gasteiger partial charge is 0.314 e.